The summed E-state index contributed by atoms with van der Waals surface area (Å²) in [6.07, 6.45) is 1.78. The molecule has 124 valence electrons. The molecule has 0 fully saturated rings. The van der Waals surface area contributed by atoms with Gasteiger partial charge in [-0.1, -0.05) is 48.5 Å². The highest BCUT2D eigenvalue weighted by Crippen LogP contribution is 2.21. The number of aromatic nitrogens is 5. The molecule has 4 aromatic rings. The molecule has 2 heterocycles. The molecule has 0 aliphatic rings. The van der Waals surface area contributed by atoms with Gasteiger partial charge >= 0.3 is 0 Å². The van der Waals surface area contributed by atoms with Crippen LogP contribution in [0.3, 0.4) is 0 Å². The lowest BCUT2D eigenvalue weighted by atomic mass is 10.2. The maximum Gasteiger partial charge on any atom is 0.276 e. The van der Waals surface area contributed by atoms with Crippen LogP contribution in [0.2, 0.25) is 0 Å². The molecule has 1 N–H and O–H groups in total. The summed E-state index contributed by atoms with van der Waals surface area (Å²) >= 11 is 0. The highest BCUT2D eigenvalue weighted by molar-refractivity contribution is 5.79. The van der Waals surface area contributed by atoms with Gasteiger partial charge in [-0.05, 0) is 11.6 Å². The lowest BCUT2D eigenvalue weighted by Gasteiger charge is -2.10. The number of rotatable bonds is 5. The highest BCUT2D eigenvalue weighted by Gasteiger charge is 2.13. The summed E-state index contributed by atoms with van der Waals surface area (Å²) in [4.78, 5) is 4.54. The number of nitrogens with one attached hydrogen (secondary N) is 1. The lowest BCUT2D eigenvalue weighted by Crippen LogP contribution is -2.10. The summed E-state index contributed by atoms with van der Waals surface area (Å²) in [5, 5.41) is 16.9. The molecular weight excluding hydrogens is 316 g/mol. The number of fused-ring (bicyclic) bond motifs is 1. The molecule has 2 aromatic heterocycles. The molecule has 0 aliphatic heterocycles. The molecule has 0 saturated carbocycles. The Hall–Kier alpha value is -3.48. The Labute approximate surface area is 144 Å². The van der Waals surface area contributed by atoms with Crippen molar-refractivity contribution >= 4 is 16.7 Å². The maximum atomic E-state index is 5.27. The molecule has 0 aliphatic carbocycles. The van der Waals surface area contributed by atoms with E-state index >= 15 is 0 Å². The third-order valence-electron chi connectivity index (χ3n) is 3.81. The van der Waals surface area contributed by atoms with Crippen molar-refractivity contribution in [3.63, 3.8) is 0 Å². The Morgan fingerprint density at radius 1 is 1.00 bits per heavy atom. The first-order chi connectivity index (χ1) is 12.3. The van der Waals surface area contributed by atoms with Crippen molar-refractivity contribution in [1.29, 1.82) is 0 Å². The molecule has 0 spiro atoms. The molecular formula is C18H16N6O. The maximum absolute atomic E-state index is 5.27. The first-order valence-corrected chi connectivity index (χ1v) is 7.85. The second-order valence-electron chi connectivity index (χ2n) is 5.42. The second kappa shape index (κ2) is 6.56. The average molecular weight is 332 g/mol. The van der Waals surface area contributed by atoms with Crippen molar-refractivity contribution in [2.45, 2.75) is 6.54 Å². The van der Waals surface area contributed by atoms with E-state index < -0.39 is 0 Å². The first kappa shape index (κ1) is 15.1. The predicted molar refractivity (Wildman–Crippen MR) is 94.8 cm³/mol. The van der Waals surface area contributed by atoms with Gasteiger partial charge in [0.05, 0.1) is 18.8 Å². The van der Waals surface area contributed by atoms with Crippen molar-refractivity contribution in [2.24, 2.45) is 0 Å². The molecule has 0 radical (unpaired) electrons. The molecule has 0 bridgehead atoms. The zero-order chi connectivity index (χ0) is 17.1. The lowest BCUT2D eigenvalue weighted by molar-refractivity contribution is 0.390. The fraction of sp³-hybridized carbons (Fsp3) is 0.111. The van der Waals surface area contributed by atoms with Gasteiger partial charge in [-0.3, -0.25) is 0 Å². The minimum Gasteiger partial charge on any atom is -0.477 e. The van der Waals surface area contributed by atoms with Crippen LogP contribution >= 0.6 is 0 Å². The van der Waals surface area contributed by atoms with Gasteiger partial charge in [0, 0.05) is 11.9 Å². The number of anilines is 1. The van der Waals surface area contributed by atoms with Gasteiger partial charge in [0.15, 0.2) is 5.82 Å². The molecule has 0 amide bonds. The number of hydrogen-bond acceptors (Lipinski definition) is 6. The van der Waals surface area contributed by atoms with Crippen LogP contribution in [0.15, 0.2) is 60.8 Å². The van der Waals surface area contributed by atoms with Crippen molar-refractivity contribution in [3.05, 3.63) is 66.4 Å². The molecule has 0 atom stereocenters. The standard InChI is InChI=1S/C18H16N6O/c1-25-17-16(19-11-13-7-3-2-4-8-13)21-18(23-22-17)24-15-10-6-5-9-14(15)12-20-24/h2-10,12H,11H2,1H3,(H,19,21,23). The van der Waals surface area contributed by atoms with Crippen LogP contribution in [0, 0.1) is 0 Å². The Morgan fingerprint density at radius 3 is 2.64 bits per heavy atom. The molecule has 7 nitrogen and oxygen atoms in total. The normalized spacial score (nSPS) is 10.8. The summed E-state index contributed by atoms with van der Waals surface area (Å²) in [6, 6.07) is 17.9. The Balaban J connectivity index is 1.68. The highest BCUT2D eigenvalue weighted by atomic mass is 16.5. The molecule has 4 rings (SSSR count). The Bertz CT molecular complexity index is 999. The van der Waals surface area contributed by atoms with E-state index in [1.165, 1.54) is 0 Å². The van der Waals surface area contributed by atoms with Crippen molar-refractivity contribution in [2.75, 3.05) is 12.4 Å². The number of ether oxygens (including phenoxy) is 1. The van der Waals surface area contributed by atoms with Gasteiger partial charge < -0.3 is 10.1 Å². The minimum absolute atomic E-state index is 0.344. The summed E-state index contributed by atoms with van der Waals surface area (Å²) in [6.45, 7) is 0.606. The fourth-order valence-corrected chi connectivity index (χ4v) is 2.56. The van der Waals surface area contributed by atoms with E-state index in [0.717, 1.165) is 16.5 Å². The van der Waals surface area contributed by atoms with Crippen molar-refractivity contribution < 1.29 is 4.74 Å². The summed E-state index contributed by atoms with van der Waals surface area (Å²) in [5.74, 6) is 1.25. The van der Waals surface area contributed by atoms with Gasteiger partial charge in [-0.15, -0.1) is 10.2 Å². The number of hydrogen-bond donors (Lipinski definition) is 1. The van der Waals surface area contributed by atoms with Crippen LogP contribution in [0.25, 0.3) is 16.9 Å². The first-order valence-electron chi connectivity index (χ1n) is 7.85. The zero-order valence-corrected chi connectivity index (χ0v) is 13.6. The molecule has 25 heavy (non-hydrogen) atoms. The topological polar surface area (TPSA) is 77.8 Å². The van der Waals surface area contributed by atoms with Gasteiger partial charge in [-0.2, -0.15) is 14.8 Å². The number of para-hydroxylation sites is 1. The van der Waals surface area contributed by atoms with E-state index in [2.05, 4.69) is 25.6 Å². The third-order valence-corrected chi connectivity index (χ3v) is 3.81. The predicted octanol–water partition coefficient (Wildman–Crippen LogP) is 2.83. The molecule has 0 unspecified atom stereocenters. The average Bonchev–Trinajstić information content (AvgIpc) is 3.11. The summed E-state index contributed by atoms with van der Waals surface area (Å²) < 4.78 is 6.93. The van der Waals surface area contributed by atoms with Crippen LogP contribution < -0.4 is 10.1 Å². The SMILES string of the molecule is COc1nnc(-n2ncc3ccccc32)nc1NCc1ccccc1. The van der Waals surface area contributed by atoms with Gasteiger partial charge in [0.25, 0.3) is 11.8 Å². The van der Waals surface area contributed by atoms with Gasteiger partial charge in [-0.25, -0.2) is 0 Å². The number of nitrogens with zero attached hydrogens (tertiary/aromatic N) is 5. The van der Waals surface area contributed by atoms with Crippen molar-refractivity contribution in [3.8, 4) is 11.8 Å². The van der Waals surface area contributed by atoms with Crippen molar-refractivity contribution in [1.82, 2.24) is 25.0 Å². The quantitative estimate of drug-likeness (QED) is 0.605. The van der Waals surface area contributed by atoms with E-state index in [-0.39, 0.29) is 0 Å². The number of benzene rings is 2. The zero-order valence-electron chi connectivity index (χ0n) is 13.6. The minimum atomic E-state index is 0.344. The molecule has 7 heteroatoms. The largest absolute Gasteiger partial charge is 0.477 e. The molecule has 0 saturated heterocycles. The third kappa shape index (κ3) is 2.99. The van der Waals surface area contributed by atoms with Crippen LogP contribution in [0.5, 0.6) is 5.88 Å². The van der Waals surface area contributed by atoms with E-state index in [0.29, 0.717) is 24.2 Å². The Morgan fingerprint density at radius 2 is 1.80 bits per heavy atom. The smallest absolute Gasteiger partial charge is 0.276 e. The monoisotopic (exact) mass is 332 g/mol. The van der Waals surface area contributed by atoms with E-state index in [1.807, 2.05) is 54.6 Å². The summed E-state index contributed by atoms with van der Waals surface area (Å²) in [5.41, 5.74) is 2.05. The van der Waals surface area contributed by atoms with E-state index in [9.17, 15) is 0 Å². The van der Waals surface area contributed by atoms with Gasteiger partial charge in [0.1, 0.15) is 0 Å². The molecule has 2 aromatic carbocycles. The van der Waals surface area contributed by atoms with Crippen LogP contribution in [0.1, 0.15) is 5.56 Å². The van der Waals surface area contributed by atoms with Crippen LogP contribution in [-0.2, 0) is 6.54 Å². The fourth-order valence-electron chi connectivity index (χ4n) is 2.56. The Kier molecular flexibility index (Phi) is 3.96. The summed E-state index contributed by atoms with van der Waals surface area (Å²) in [7, 11) is 1.54. The van der Waals surface area contributed by atoms with Gasteiger partial charge in [0.2, 0.25) is 0 Å². The van der Waals surface area contributed by atoms with E-state index in [4.69, 9.17) is 4.74 Å². The van der Waals surface area contributed by atoms with Crippen LogP contribution in [-0.4, -0.2) is 32.1 Å². The second-order valence-corrected chi connectivity index (χ2v) is 5.42. The van der Waals surface area contributed by atoms with Crippen LogP contribution in [0.4, 0.5) is 5.82 Å². The number of methoxy groups -OCH3 is 1. The van der Waals surface area contributed by atoms with E-state index in [1.54, 1.807) is 18.0 Å².